The zero-order valence-corrected chi connectivity index (χ0v) is 39.2. The smallest absolute Gasteiger partial charge is 0.0485 e. The second-order valence-corrected chi connectivity index (χ2v) is 19.8. The minimum Gasteiger partial charge on any atom is -0.344 e. The number of benzene rings is 5. The molecule has 1 unspecified atom stereocenters. The summed E-state index contributed by atoms with van der Waals surface area (Å²) in [6.45, 7) is 8.70. The average molecular weight is 838 g/mol. The van der Waals surface area contributed by atoms with Crippen LogP contribution >= 0.6 is 0 Å². The number of hydrogen-bond acceptors (Lipinski definition) is 4. The first-order valence-corrected chi connectivity index (χ1v) is 24.2. The number of aromatic nitrogens is 1. The summed E-state index contributed by atoms with van der Waals surface area (Å²) in [4.78, 5) is 9.76. The molecule has 1 aliphatic heterocycles. The van der Waals surface area contributed by atoms with Gasteiger partial charge in [0.15, 0.2) is 0 Å². The molecule has 0 N–H and O–H groups in total. The Hall–Kier alpha value is -4.94. The van der Waals surface area contributed by atoms with E-state index in [9.17, 15) is 0 Å². The quantitative estimate of drug-likeness (QED) is 0.102. The van der Waals surface area contributed by atoms with Crippen LogP contribution in [0.2, 0.25) is 0 Å². The van der Waals surface area contributed by atoms with Gasteiger partial charge in [-0.2, -0.15) is 0 Å². The molecule has 328 valence electrons. The van der Waals surface area contributed by atoms with Gasteiger partial charge in [0.05, 0.1) is 0 Å². The Morgan fingerprint density at radius 1 is 0.619 bits per heavy atom. The van der Waals surface area contributed by atoms with Gasteiger partial charge in [-0.3, -0.25) is 0 Å². The zero-order valence-electron chi connectivity index (χ0n) is 39.2. The lowest BCUT2D eigenvalue weighted by molar-refractivity contribution is 0.334. The first-order valence-electron chi connectivity index (χ1n) is 24.2. The van der Waals surface area contributed by atoms with Crippen LogP contribution in [0, 0.1) is 5.92 Å². The zero-order chi connectivity index (χ0) is 43.5. The summed E-state index contributed by atoms with van der Waals surface area (Å²) in [6, 6.07) is 40.2. The second kappa shape index (κ2) is 19.4. The Morgan fingerprint density at radius 3 is 2.16 bits per heavy atom. The van der Waals surface area contributed by atoms with E-state index in [-0.39, 0.29) is 0 Å². The second-order valence-electron chi connectivity index (χ2n) is 19.8. The van der Waals surface area contributed by atoms with Crippen LogP contribution < -0.4 is 4.90 Å². The summed E-state index contributed by atoms with van der Waals surface area (Å²) in [5.74, 6) is 0.543. The van der Waals surface area contributed by atoms with Crippen LogP contribution in [-0.4, -0.2) is 80.7 Å². The third-order valence-electron chi connectivity index (χ3n) is 14.2. The van der Waals surface area contributed by atoms with Crippen LogP contribution in [0.25, 0.3) is 27.6 Å². The van der Waals surface area contributed by atoms with Gasteiger partial charge in [-0.05, 0) is 203 Å². The van der Waals surface area contributed by atoms with Crippen molar-refractivity contribution >= 4 is 27.9 Å². The molecule has 6 aromatic rings. The van der Waals surface area contributed by atoms with E-state index in [1.165, 1.54) is 116 Å². The Labute approximate surface area is 379 Å². The molecule has 0 fully saturated rings. The largest absolute Gasteiger partial charge is 0.344 e. The lowest BCUT2D eigenvalue weighted by Crippen LogP contribution is -2.30. The van der Waals surface area contributed by atoms with Crippen molar-refractivity contribution in [3.63, 3.8) is 0 Å². The molecule has 9 rings (SSSR count). The third-order valence-corrected chi connectivity index (χ3v) is 14.2. The SMILES string of the molecule is CC(CN(C)C)CN1c2ccccc2CCc2cc(-c3ccc4c(c3)CCc3ccccc3/C4=C/CCN(C)Cc3ccc4c(c3)c3c(n4CCCN(C)C)CCCCC3)ccc21. The van der Waals surface area contributed by atoms with Crippen molar-refractivity contribution in [3.8, 4) is 11.1 Å². The molecule has 1 atom stereocenters. The monoisotopic (exact) mass is 838 g/mol. The van der Waals surface area contributed by atoms with Crippen LogP contribution in [0.5, 0.6) is 0 Å². The summed E-state index contributed by atoms with van der Waals surface area (Å²) < 4.78 is 2.68. The van der Waals surface area contributed by atoms with Crippen molar-refractivity contribution in [3.05, 3.63) is 159 Å². The maximum absolute atomic E-state index is 2.68. The molecule has 5 nitrogen and oxygen atoms in total. The lowest BCUT2D eigenvalue weighted by Gasteiger charge is -2.31. The summed E-state index contributed by atoms with van der Waals surface area (Å²) >= 11 is 0. The lowest BCUT2D eigenvalue weighted by atomic mass is 9.90. The van der Waals surface area contributed by atoms with Crippen molar-refractivity contribution in [2.24, 2.45) is 5.92 Å². The summed E-state index contributed by atoms with van der Waals surface area (Å²) in [5.41, 5.74) is 21.6. The molecule has 0 saturated heterocycles. The highest BCUT2D eigenvalue weighted by molar-refractivity contribution is 5.87. The highest BCUT2D eigenvalue weighted by Gasteiger charge is 2.25. The fourth-order valence-corrected chi connectivity index (χ4v) is 11.3. The molecule has 0 bridgehead atoms. The van der Waals surface area contributed by atoms with Gasteiger partial charge in [0, 0.05) is 60.7 Å². The Morgan fingerprint density at radius 2 is 1.32 bits per heavy atom. The van der Waals surface area contributed by atoms with Crippen LogP contribution in [0.3, 0.4) is 0 Å². The van der Waals surface area contributed by atoms with Crippen molar-refractivity contribution in [1.29, 1.82) is 0 Å². The maximum Gasteiger partial charge on any atom is 0.0485 e. The first kappa shape index (κ1) is 43.3. The van der Waals surface area contributed by atoms with E-state index >= 15 is 0 Å². The molecule has 0 amide bonds. The number of anilines is 2. The van der Waals surface area contributed by atoms with Gasteiger partial charge >= 0.3 is 0 Å². The maximum atomic E-state index is 2.68. The van der Waals surface area contributed by atoms with Gasteiger partial charge in [0.25, 0.3) is 0 Å². The molecule has 63 heavy (non-hydrogen) atoms. The van der Waals surface area contributed by atoms with E-state index in [1.807, 2.05) is 0 Å². The minimum atomic E-state index is 0.543. The van der Waals surface area contributed by atoms with E-state index in [4.69, 9.17) is 0 Å². The number of rotatable bonds is 14. The van der Waals surface area contributed by atoms with Gasteiger partial charge in [-0.1, -0.05) is 92.2 Å². The molecule has 0 saturated carbocycles. The van der Waals surface area contributed by atoms with Crippen LogP contribution in [0.15, 0.2) is 109 Å². The predicted octanol–water partition coefficient (Wildman–Crippen LogP) is 12.0. The molecule has 0 radical (unpaired) electrons. The summed E-state index contributed by atoms with van der Waals surface area (Å²) in [7, 11) is 11.1. The normalized spacial score (nSPS) is 16.1. The van der Waals surface area contributed by atoms with Gasteiger partial charge in [0.1, 0.15) is 0 Å². The standard InChI is InChI=1S/C58H71N5/c1-42(39-60(4)5)40-63-55-21-13-11-17-45(55)25-27-49-38-47(29-32-56(49)63)46-28-30-51-48(37-46)26-24-44-16-10-12-18-50(44)52(51)20-14-34-61(6)41-43-23-31-58-54(36-43)53-19-8-7-9-22-57(53)62(58)35-15-33-59(2)3/h10-13,16-18,20-21,23,28-32,36-38,42H,7-9,14-15,19,22,24-27,33-35,39-41H2,1-6H3/b52-20-. The van der Waals surface area contributed by atoms with Crippen LogP contribution in [0.1, 0.15) is 89.2 Å². The van der Waals surface area contributed by atoms with Crippen LogP contribution in [0.4, 0.5) is 11.4 Å². The highest BCUT2D eigenvalue weighted by Crippen LogP contribution is 2.41. The molecule has 1 aromatic heterocycles. The first-order chi connectivity index (χ1) is 30.7. The average Bonchev–Trinajstić information content (AvgIpc) is 3.50. The third kappa shape index (κ3) is 9.63. The van der Waals surface area contributed by atoms with Gasteiger partial charge in [-0.25, -0.2) is 0 Å². The van der Waals surface area contributed by atoms with E-state index in [0.29, 0.717) is 5.92 Å². The topological polar surface area (TPSA) is 17.9 Å². The molecule has 5 aromatic carbocycles. The minimum absolute atomic E-state index is 0.543. The van der Waals surface area contributed by atoms with E-state index in [2.05, 4.69) is 176 Å². The molecule has 3 aliphatic rings. The van der Waals surface area contributed by atoms with Crippen molar-refractivity contribution in [1.82, 2.24) is 19.3 Å². The molecule has 0 spiro atoms. The molecule has 5 heteroatoms. The Balaban J connectivity index is 0.947. The van der Waals surface area contributed by atoms with Gasteiger partial charge in [-0.15, -0.1) is 0 Å². The predicted molar refractivity (Wildman–Crippen MR) is 269 cm³/mol. The van der Waals surface area contributed by atoms with Crippen LogP contribution in [-0.2, 0) is 51.6 Å². The molecule has 2 aliphatic carbocycles. The van der Waals surface area contributed by atoms with Crippen molar-refractivity contribution in [2.45, 2.75) is 90.6 Å². The number of fused-ring (bicyclic) bond motifs is 7. The molecular formula is C58H71N5. The van der Waals surface area contributed by atoms with Gasteiger partial charge < -0.3 is 24.2 Å². The van der Waals surface area contributed by atoms with Crippen molar-refractivity contribution in [2.75, 3.05) is 66.3 Å². The highest BCUT2D eigenvalue weighted by atomic mass is 15.2. The number of para-hydroxylation sites is 1. The van der Waals surface area contributed by atoms with E-state index in [0.717, 1.165) is 71.4 Å². The Kier molecular flexibility index (Phi) is 13.4. The number of nitrogens with zero attached hydrogens (tertiary/aromatic N) is 5. The Bertz CT molecular complexity index is 2570. The number of aryl methyl sites for hydroxylation is 6. The van der Waals surface area contributed by atoms with E-state index < -0.39 is 0 Å². The molecule has 2 heterocycles. The summed E-state index contributed by atoms with van der Waals surface area (Å²) in [5, 5.41) is 1.51. The van der Waals surface area contributed by atoms with Crippen molar-refractivity contribution < 1.29 is 0 Å². The van der Waals surface area contributed by atoms with Gasteiger partial charge in [0.2, 0.25) is 0 Å². The fourth-order valence-electron chi connectivity index (χ4n) is 11.3. The fraction of sp³-hybridized carbons (Fsp3) is 0.414. The summed E-state index contributed by atoms with van der Waals surface area (Å²) in [6.07, 6.45) is 15.4. The molecular weight excluding hydrogens is 767 g/mol. The van der Waals surface area contributed by atoms with E-state index in [1.54, 1.807) is 11.3 Å². The number of hydrogen-bond donors (Lipinski definition) is 0.